The van der Waals surface area contributed by atoms with Gasteiger partial charge in [0.25, 0.3) is 0 Å². The monoisotopic (exact) mass is 769 g/mol. The SMILES string of the molecule is CC1(C)c2ccccc2-c2ccc(N(c3cccc(-c4ccc(-c5ccccc5)cc4)c3)c3cccc4oc5cc6c(cc5c34)oc3cccc(-c4ccccc4)c36)cc21. The lowest BCUT2D eigenvalue weighted by molar-refractivity contribution is 0.660. The average molecular weight is 770 g/mol. The first-order chi connectivity index (χ1) is 29.5. The van der Waals surface area contributed by atoms with Gasteiger partial charge in [-0.15, -0.1) is 0 Å². The minimum absolute atomic E-state index is 0.157. The maximum absolute atomic E-state index is 6.81. The number of rotatable bonds is 6. The van der Waals surface area contributed by atoms with Crippen molar-refractivity contribution in [3.8, 4) is 44.5 Å². The molecule has 9 aromatic carbocycles. The van der Waals surface area contributed by atoms with Crippen molar-refractivity contribution in [2.45, 2.75) is 19.3 Å². The smallest absolute Gasteiger partial charge is 0.137 e. The molecular formula is C57H39NO2. The lowest BCUT2D eigenvalue weighted by Gasteiger charge is -2.29. The topological polar surface area (TPSA) is 29.5 Å². The van der Waals surface area contributed by atoms with E-state index >= 15 is 0 Å². The summed E-state index contributed by atoms with van der Waals surface area (Å²) in [6.07, 6.45) is 0. The summed E-state index contributed by atoms with van der Waals surface area (Å²) >= 11 is 0. The number of nitrogens with zero attached hydrogens (tertiary/aromatic N) is 1. The van der Waals surface area contributed by atoms with E-state index < -0.39 is 0 Å². The van der Waals surface area contributed by atoms with Gasteiger partial charge in [-0.05, 0) is 110 Å². The third-order valence-corrected chi connectivity index (χ3v) is 12.7. The van der Waals surface area contributed by atoms with Gasteiger partial charge in [0.2, 0.25) is 0 Å². The van der Waals surface area contributed by atoms with Crippen LogP contribution in [0.25, 0.3) is 88.4 Å². The van der Waals surface area contributed by atoms with E-state index in [1.54, 1.807) is 0 Å². The van der Waals surface area contributed by atoms with E-state index in [0.29, 0.717) is 0 Å². The zero-order chi connectivity index (χ0) is 40.0. The summed E-state index contributed by atoms with van der Waals surface area (Å²) in [5.74, 6) is 0. The van der Waals surface area contributed by atoms with Crippen LogP contribution in [-0.2, 0) is 5.41 Å². The van der Waals surface area contributed by atoms with Gasteiger partial charge < -0.3 is 13.7 Å². The Kier molecular flexibility index (Phi) is 7.58. The van der Waals surface area contributed by atoms with Crippen molar-refractivity contribution < 1.29 is 8.83 Å². The second-order valence-electron chi connectivity index (χ2n) is 16.5. The fourth-order valence-corrected chi connectivity index (χ4v) is 9.74. The summed E-state index contributed by atoms with van der Waals surface area (Å²) in [5.41, 5.74) is 18.7. The van der Waals surface area contributed by atoms with Crippen LogP contribution in [0, 0.1) is 0 Å². The van der Waals surface area contributed by atoms with Crippen molar-refractivity contribution in [3.05, 3.63) is 211 Å². The zero-order valence-electron chi connectivity index (χ0n) is 33.3. The van der Waals surface area contributed by atoms with Gasteiger partial charge in [-0.25, -0.2) is 0 Å². The number of fused-ring (bicyclic) bond motifs is 9. The molecule has 0 fully saturated rings. The Labute approximate surface area is 348 Å². The Bertz CT molecular complexity index is 3450. The van der Waals surface area contributed by atoms with Gasteiger partial charge in [0, 0.05) is 32.9 Å². The quantitative estimate of drug-likeness (QED) is 0.169. The molecule has 1 aliphatic carbocycles. The molecule has 3 heteroatoms. The molecule has 2 aromatic heterocycles. The first kappa shape index (κ1) is 34.4. The molecule has 3 nitrogen and oxygen atoms in total. The Hall–Kier alpha value is -7.62. The minimum atomic E-state index is -0.157. The lowest BCUT2D eigenvalue weighted by Crippen LogP contribution is -2.16. The Balaban J connectivity index is 1.06. The van der Waals surface area contributed by atoms with E-state index in [2.05, 4.69) is 219 Å². The molecule has 0 N–H and O–H groups in total. The van der Waals surface area contributed by atoms with Crippen LogP contribution in [0.3, 0.4) is 0 Å². The lowest BCUT2D eigenvalue weighted by atomic mass is 9.82. The van der Waals surface area contributed by atoms with Gasteiger partial charge in [0.15, 0.2) is 0 Å². The third kappa shape index (κ3) is 5.29. The average Bonchev–Trinajstić information content (AvgIpc) is 3.93. The summed E-state index contributed by atoms with van der Waals surface area (Å²) in [4.78, 5) is 2.41. The Morgan fingerprint density at radius 1 is 0.350 bits per heavy atom. The van der Waals surface area contributed by atoms with Gasteiger partial charge in [-0.1, -0.05) is 159 Å². The molecule has 11 aromatic rings. The fraction of sp³-hybridized carbons (Fsp3) is 0.0526. The normalized spacial score (nSPS) is 13.0. The Morgan fingerprint density at radius 2 is 0.883 bits per heavy atom. The van der Waals surface area contributed by atoms with E-state index in [1.165, 1.54) is 33.4 Å². The number of anilines is 3. The van der Waals surface area contributed by atoms with Crippen molar-refractivity contribution in [2.24, 2.45) is 0 Å². The van der Waals surface area contributed by atoms with Crippen LogP contribution >= 0.6 is 0 Å². The predicted octanol–water partition coefficient (Wildman–Crippen LogP) is 16.3. The molecule has 0 saturated carbocycles. The number of furan rings is 2. The summed E-state index contributed by atoms with van der Waals surface area (Å²) < 4.78 is 13.5. The molecule has 1 aliphatic rings. The molecule has 0 radical (unpaired) electrons. The van der Waals surface area contributed by atoms with Crippen molar-refractivity contribution in [1.82, 2.24) is 0 Å². The second-order valence-corrected chi connectivity index (χ2v) is 16.5. The molecular weight excluding hydrogens is 731 g/mol. The molecule has 12 rings (SSSR count). The molecule has 0 spiro atoms. The van der Waals surface area contributed by atoms with Crippen molar-refractivity contribution in [2.75, 3.05) is 4.90 Å². The molecule has 284 valence electrons. The van der Waals surface area contributed by atoms with Gasteiger partial charge >= 0.3 is 0 Å². The van der Waals surface area contributed by atoms with Gasteiger partial charge in [0.1, 0.15) is 22.3 Å². The molecule has 0 amide bonds. The molecule has 0 saturated heterocycles. The summed E-state index contributed by atoms with van der Waals surface area (Å²) in [6.45, 7) is 4.69. The number of hydrogen-bond donors (Lipinski definition) is 0. The van der Waals surface area contributed by atoms with Crippen LogP contribution in [0.15, 0.2) is 209 Å². The maximum Gasteiger partial charge on any atom is 0.137 e. The van der Waals surface area contributed by atoms with Gasteiger partial charge in [-0.2, -0.15) is 0 Å². The van der Waals surface area contributed by atoms with Crippen LogP contribution in [0.5, 0.6) is 0 Å². The highest BCUT2D eigenvalue weighted by Crippen LogP contribution is 2.52. The molecule has 2 heterocycles. The predicted molar refractivity (Wildman–Crippen MR) is 250 cm³/mol. The second kappa shape index (κ2) is 13.2. The van der Waals surface area contributed by atoms with Gasteiger partial charge in [-0.3, -0.25) is 0 Å². The Morgan fingerprint density at radius 3 is 1.63 bits per heavy atom. The van der Waals surface area contributed by atoms with Crippen LogP contribution in [0.2, 0.25) is 0 Å². The first-order valence-electron chi connectivity index (χ1n) is 20.7. The molecule has 0 bridgehead atoms. The summed E-state index contributed by atoms with van der Waals surface area (Å²) in [6, 6.07) is 71.8. The molecule has 0 unspecified atom stereocenters. The highest BCUT2D eigenvalue weighted by Gasteiger charge is 2.36. The van der Waals surface area contributed by atoms with Crippen molar-refractivity contribution in [3.63, 3.8) is 0 Å². The third-order valence-electron chi connectivity index (χ3n) is 12.7. The van der Waals surface area contributed by atoms with Crippen LogP contribution < -0.4 is 4.90 Å². The largest absolute Gasteiger partial charge is 0.456 e. The zero-order valence-corrected chi connectivity index (χ0v) is 33.3. The van der Waals surface area contributed by atoms with Crippen LogP contribution in [-0.4, -0.2) is 0 Å². The van der Waals surface area contributed by atoms with Gasteiger partial charge in [0.05, 0.1) is 11.1 Å². The summed E-state index contributed by atoms with van der Waals surface area (Å²) in [7, 11) is 0. The molecule has 0 atom stereocenters. The van der Waals surface area contributed by atoms with E-state index in [0.717, 1.165) is 83.2 Å². The summed E-state index contributed by atoms with van der Waals surface area (Å²) in [5, 5.41) is 4.19. The van der Waals surface area contributed by atoms with E-state index in [4.69, 9.17) is 8.83 Å². The highest BCUT2D eigenvalue weighted by atomic mass is 16.3. The first-order valence-corrected chi connectivity index (χ1v) is 20.7. The minimum Gasteiger partial charge on any atom is -0.456 e. The number of benzene rings is 9. The highest BCUT2D eigenvalue weighted by molar-refractivity contribution is 6.20. The standard InChI is InChI=1S/C57H39NO2/c1-57(2)48-22-10-9-20-44(48)45-31-30-42(33-49(45)57)58(41-19-11-18-40(32-41)38-28-26-37(27-29-38)36-14-5-3-6-15-36)50-23-13-25-52-56(50)47-35-53-46(34-54(47)60-52)55-43(21-12-24-51(55)59-53)39-16-7-4-8-17-39/h3-35H,1-2H3. The van der Waals surface area contributed by atoms with Crippen molar-refractivity contribution in [1.29, 1.82) is 0 Å². The van der Waals surface area contributed by atoms with E-state index in [9.17, 15) is 0 Å². The maximum atomic E-state index is 6.81. The van der Waals surface area contributed by atoms with Crippen LogP contribution in [0.1, 0.15) is 25.0 Å². The van der Waals surface area contributed by atoms with Crippen molar-refractivity contribution >= 4 is 60.9 Å². The van der Waals surface area contributed by atoms with Crippen LogP contribution in [0.4, 0.5) is 17.1 Å². The fourth-order valence-electron chi connectivity index (χ4n) is 9.74. The molecule has 60 heavy (non-hydrogen) atoms. The van der Waals surface area contributed by atoms with E-state index in [1.807, 2.05) is 0 Å². The molecule has 0 aliphatic heterocycles. The van der Waals surface area contributed by atoms with E-state index in [-0.39, 0.29) is 5.41 Å². The number of hydrogen-bond acceptors (Lipinski definition) is 3.